The normalized spacial score (nSPS) is 11.4. The summed E-state index contributed by atoms with van der Waals surface area (Å²) in [4.78, 5) is 30.9. The number of aromatic nitrogens is 2. The first-order chi connectivity index (χ1) is 12.0. The van der Waals surface area contributed by atoms with Crippen molar-refractivity contribution in [2.45, 2.75) is 26.8 Å². The molecule has 0 fully saturated rings. The summed E-state index contributed by atoms with van der Waals surface area (Å²) in [7, 11) is 0. The Balaban J connectivity index is 1.86. The molecular weight excluding hydrogens is 336 g/mol. The summed E-state index contributed by atoms with van der Waals surface area (Å²) in [6.45, 7) is 4.28. The van der Waals surface area contributed by atoms with Gasteiger partial charge in [-0.05, 0) is 36.6 Å². The maximum Gasteiger partial charge on any atom is 0.336 e. The highest BCUT2D eigenvalue weighted by atomic mass is 32.1. The Hall–Kier alpha value is -2.73. The summed E-state index contributed by atoms with van der Waals surface area (Å²) in [5.74, 6) is 0. The Morgan fingerprint density at radius 3 is 2.80 bits per heavy atom. The summed E-state index contributed by atoms with van der Waals surface area (Å²) in [6.07, 6.45) is 2.43. The lowest BCUT2D eigenvalue weighted by molar-refractivity contribution is 0.557. The molecule has 3 heterocycles. The zero-order valence-electron chi connectivity index (χ0n) is 13.9. The van der Waals surface area contributed by atoms with Crippen LogP contribution in [-0.2, 0) is 13.0 Å². The van der Waals surface area contributed by atoms with Crippen LogP contribution < -0.4 is 11.2 Å². The zero-order chi connectivity index (χ0) is 17.6. The van der Waals surface area contributed by atoms with E-state index in [1.807, 2.05) is 31.2 Å². The second-order valence-electron chi connectivity index (χ2n) is 6.05. The third-order valence-corrected chi connectivity index (χ3v) is 5.43. The van der Waals surface area contributed by atoms with E-state index in [9.17, 15) is 9.59 Å². The Labute approximate surface area is 147 Å². The highest BCUT2D eigenvalue weighted by Crippen LogP contribution is 2.22. The van der Waals surface area contributed by atoms with Gasteiger partial charge in [0.1, 0.15) is 10.4 Å². The number of benzene rings is 1. The van der Waals surface area contributed by atoms with Gasteiger partial charge in [-0.1, -0.05) is 19.1 Å². The lowest BCUT2D eigenvalue weighted by atomic mass is 10.1. The van der Waals surface area contributed by atoms with E-state index in [-0.39, 0.29) is 12.1 Å². The van der Waals surface area contributed by atoms with Gasteiger partial charge in [0, 0.05) is 16.3 Å². The Morgan fingerprint density at radius 2 is 2.00 bits per heavy atom. The van der Waals surface area contributed by atoms with Crippen LogP contribution in [0.1, 0.15) is 22.9 Å². The molecule has 0 spiro atoms. The van der Waals surface area contributed by atoms with Crippen molar-refractivity contribution in [3.05, 3.63) is 73.4 Å². The van der Waals surface area contributed by atoms with Crippen LogP contribution in [-0.4, -0.2) is 9.55 Å². The molecule has 0 radical (unpaired) electrons. The van der Waals surface area contributed by atoms with Gasteiger partial charge >= 0.3 is 5.63 Å². The molecule has 5 nitrogen and oxygen atoms in total. The van der Waals surface area contributed by atoms with Crippen LogP contribution in [0.15, 0.2) is 50.7 Å². The Morgan fingerprint density at radius 1 is 1.16 bits per heavy atom. The van der Waals surface area contributed by atoms with Gasteiger partial charge in [-0.15, -0.1) is 11.3 Å². The summed E-state index contributed by atoms with van der Waals surface area (Å²) in [5, 5.41) is 1.46. The third-order valence-electron chi connectivity index (χ3n) is 4.24. The number of rotatable bonds is 3. The molecule has 0 N–H and O–H groups in total. The smallest absolute Gasteiger partial charge is 0.336 e. The van der Waals surface area contributed by atoms with Gasteiger partial charge in [0.05, 0.1) is 18.3 Å². The molecule has 4 rings (SSSR count). The molecule has 0 amide bonds. The van der Waals surface area contributed by atoms with Gasteiger partial charge in [0.15, 0.2) is 0 Å². The third kappa shape index (κ3) is 2.78. The first-order valence-corrected chi connectivity index (χ1v) is 8.88. The Kier molecular flexibility index (Phi) is 3.77. The first kappa shape index (κ1) is 15.8. The van der Waals surface area contributed by atoms with Gasteiger partial charge in [-0.3, -0.25) is 9.36 Å². The minimum Gasteiger partial charge on any atom is -0.423 e. The molecule has 0 atom stereocenters. The second-order valence-corrected chi connectivity index (χ2v) is 7.17. The molecule has 0 unspecified atom stereocenters. The van der Waals surface area contributed by atoms with E-state index < -0.39 is 5.63 Å². The molecule has 0 saturated heterocycles. The number of aryl methyl sites for hydroxylation is 2. The van der Waals surface area contributed by atoms with Crippen LogP contribution in [0.3, 0.4) is 0 Å². The molecule has 1 aromatic carbocycles. The molecule has 25 heavy (non-hydrogen) atoms. The predicted molar refractivity (Wildman–Crippen MR) is 99.6 cm³/mol. The second kappa shape index (κ2) is 5.97. The number of nitrogens with zero attached hydrogens (tertiary/aromatic N) is 2. The van der Waals surface area contributed by atoms with Crippen molar-refractivity contribution in [2.24, 2.45) is 0 Å². The minimum atomic E-state index is -0.418. The van der Waals surface area contributed by atoms with E-state index in [0.717, 1.165) is 32.6 Å². The van der Waals surface area contributed by atoms with Gasteiger partial charge in [-0.2, -0.15) is 0 Å². The SMILES string of the molecule is CCc1cc2c(=O)n(Cc3cc(=O)oc4cc(C)ccc34)cnc2s1. The van der Waals surface area contributed by atoms with Crippen molar-refractivity contribution in [2.75, 3.05) is 0 Å². The maximum atomic E-state index is 12.8. The van der Waals surface area contributed by atoms with Crippen molar-refractivity contribution >= 4 is 32.5 Å². The average molecular weight is 352 g/mol. The standard InChI is InChI=1S/C19H16N2O3S/c1-3-13-8-15-18(25-13)20-10-21(19(15)23)9-12-7-17(22)24-16-6-11(2)4-5-14(12)16/h4-8,10H,3,9H2,1-2H3. The molecule has 0 saturated carbocycles. The molecule has 6 heteroatoms. The maximum absolute atomic E-state index is 12.8. The number of thiophene rings is 1. The van der Waals surface area contributed by atoms with Gasteiger partial charge < -0.3 is 4.42 Å². The van der Waals surface area contributed by atoms with Crippen molar-refractivity contribution in [3.8, 4) is 0 Å². The van der Waals surface area contributed by atoms with Crippen molar-refractivity contribution in [1.29, 1.82) is 0 Å². The first-order valence-electron chi connectivity index (χ1n) is 8.06. The van der Waals surface area contributed by atoms with Crippen LogP contribution in [0.5, 0.6) is 0 Å². The molecule has 0 aliphatic carbocycles. The van der Waals surface area contributed by atoms with Crippen LogP contribution in [0.2, 0.25) is 0 Å². The number of hydrogen-bond donors (Lipinski definition) is 0. The van der Waals surface area contributed by atoms with Gasteiger partial charge in [0.25, 0.3) is 5.56 Å². The largest absolute Gasteiger partial charge is 0.423 e. The highest BCUT2D eigenvalue weighted by Gasteiger charge is 2.11. The average Bonchev–Trinajstić information content (AvgIpc) is 3.01. The van der Waals surface area contributed by atoms with Crippen LogP contribution in [0.25, 0.3) is 21.2 Å². The van der Waals surface area contributed by atoms with E-state index in [0.29, 0.717) is 11.0 Å². The fourth-order valence-corrected chi connectivity index (χ4v) is 3.87. The molecule has 126 valence electrons. The number of fused-ring (bicyclic) bond motifs is 2. The molecule has 0 aliphatic rings. The summed E-state index contributed by atoms with van der Waals surface area (Å²) in [6, 6.07) is 9.06. The van der Waals surface area contributed by atoms with Crippen molar-refractivity contribution in [3.63, 3.8) is 0 Å². The summed E-state index contributed by atoms with van der Waals surface area (Å²) < 4.78 is 6.83. The van der Waals surface area contributed by atoms with E-state index in [4.69, 9.17) is 4.42 Å². The zero-order valence-corrected chi connectivity index (χ0v) is 14.7. The minimum absolute atomic E-state index is 0.0885. The molecular formula is C19H16N2O3S. The van der Waals surface area contributed by atoms with Crippen LogP contribution >= 0.6 is 11.3 Å². The molecule has 0 bridgehead atoms. The van der Waals surface area contributed by atoms with Crippen LogP contribution in [0.4, 0.5) is 0 Å². The van der Waals surface area contributed by atoms with Crippen molar-refractivity contribution < 1.29 is 4.42 Å². The van der Waals surface area contributed by atoms with E-state index in [2.05, 4.69) is 11.9 Å². The summed E-state index contributed by atoms with van der Waals surface area (Å²) >= 11 is 1.54. The topological polar surface area (TPSA) is 65.1 Å². The van der Waals surface area contributed by atoms with Crippen LogP contribution in [0, 0.1) is 6.92 Å². The molecule has 4 aromatic rings. The van der Waals surface area contributed by atoms with Crippen molar-refractivity contribution in [1.82, 2.24) is 9.55 Å². The highest BCUT2D eigenvalue weighted by molar-refractivity contribution is 7.18. The van der Waals surface area contributed by atoms with Gasteiger partial charge in [-0.25, -0.2) is 9.78 Å². The van der Waals surface area contributed by atoms with Gasteiger partial charge in [0.2, 0.25) is 0 Å². The summed E-state index contributed by atoms with van der Waals surface area (Å²) in [5.41, 5.74) is 1.79. The molecule has 3 aromatic heterocycles. The number of hydrogen-bond acceptors (Lipinski definition) is 5. The molecule has 0 aliphatic heterocycles. The van der Waals surface area contributed by atoms with E-state index in [1.54, 1.807) is 22.2 Å². The lowest BCUT2D eigenvalue weighted by Crippen LogP contribution is -2.21. The predicted octanol–water partition coefficient (Wildman–Crippen LogP) is 3.48. The Bertz CT molecular complexity index is 1220. The fourth-order valence-electron chi connectivity index (χ4n) is 2.95. The lowest BCUT2D eigenvalue weighted by Gasteiger charge is -2.08. The van der Waals surface area contributed by atoms with E-state index >= 15 is 0 Å². The van der Waals surface area contributed by atoms with E-state index in [1.165, 1.54) is 6.07 Å². The quantitative estimate of drug-likeness (QED) is 0.530. The fraction of sp³-hybridized carbons (Fsp3) is 0.211. The monoisotopic (exact) mass is 352 g/mol.